The van der Waals surface area contributed by atoms with Gasteiger partial charge < -0.3 is 10.5 Å². The molecule has 0 saturated carbocycles. The van der Waals surface area contributed by atoms with Gasteiger partial charge in [-0.3, -0.25) is 10.1 Å². The zero-order valence-electron chi connectivity index (χ0n) is 9.82. The number of aryl methyl sites for hydroxylation is 2. The van der Waals surface area contributed by atoms with Crippen molar-refractivity contribution in [3.63, 3.8) is 0 Å². The summed E-state index contributed by atoms with van der Waals surface area (Å²) in [4.78, 5) is 13.8. The maximum Gasteiger partial charge on any atom is 0.311 e. The minimum atomic E-state index is -0.597. The van der Waals surface area contributed by atoms with Crippen LogP contribution in [0.25, 0.3) is 0 Å². The van der Waals surface area contributed by atoms with Gasteiger partial charge in [0.2, 0.25) is 17.6 Å². The highest BCUT2D eigenvalue weighted by Crippen LogP contribution is 2.25. The Morgan fingerprint density at radius 3 is 2.72 bits per heavy atom. The fourth-order valence-electron chi connectivity index (χ4n) is 1.45. The van der Waals surface area contributed by atoms with Crippen LogP contribution in [0.3, 0.4) is 0 Å². The van der Waals surface area contributed by atoms with Gasteiger partial charge in [-0.1, -0.05) is 0 Å². The minimum Gasteiger partial charge on any atom is -0.421 e. The lowest BCUT2D eigenvalue weighted by Gasteiger charge is -2.04. The number of hydrogen-bond acceptors (Lipinski definition) is 6. The maximum absolute atomic E-state index is 10.6. The molecular formula is C10H11N5O3. The number of nitrogens with two attached hydrogens (primary N) is 1. The van der Waals surface area contributed by atoms with Crippen molar-refractivity contribution >= 4 is 11.5 Å². The van der Waals surface area contributed by atoms with E-state index in [9.17, 15) is 10.1 Å². The number of ether oxygens (including phenoxy) is 1. The second-order valence-corrected chi connectivity index (χ2v) is 3.66. The van der Waals surface area contributed by atoms with Crippen LogP contribution < -0.4 is 10.5 Å². The molecule has 0 fully saturated rings. The topological polar surface area (TPSA) is 109 Å². The molecule has 8 heteroatoms. The number of aromatic nitrogens is 3. The van der Waals surface area contributed by atoms with E-state index >= 15 is 0 Å². The molecule has 2 heterocycles. The lowest BCUT2D eigenvalue weighted by molar-refractivity contribution is -0.384. The highest BCUT2D eigenvalue weighted by molar-refractivity contribution is 5.53. The fourth-order valence-corrected chi connectivity index (χ4v) is 1.45. The van der Waals surface area contributed by atoms with E-state index in [1.807, 2.05) is 6.92 Å². The van der Waals surface area contributed by atoms with Crippen LogP contribution in [0.15, 0.2) is 18.2 Å². The smallest absolute Gasteiger partial charge is 0.311 e. The van der Waals surface area contributed by atoms with Crippen LogP contribution >= 0.6 is 0 Å². The summed E-state index contributed by atoms with van der Waals surface area (Å²) in [6.45, 7) is 1.82. The van der Waals surface area contributed by atoms with Crippen molar-refractivity contribution in [2.75, 3.05) is 5.73 Å². The molecule has 0 aliphatic rings. The predicted octanol–water partition coefficient (Wildman–Crippen LogP) is 1.41. The van der Waals surface area contributed by atoms with Gasteiger partial charge in [-0.25, -0.2) is 4.68 Å². The third-order valence-corrected chi connectivity index (χ3v) is 2.24. The Labute approximate surface area is 102 Å². The number of anilines is 1. The minimum absolute atomic E-state index is 0.182. The second kappa shape index (κ2) is 4.32. The van der Waals surface area contributed by atoms with Crippen molar-refractivity contribution in [1.29, 1.82) is 0 Å². The normalized spacial score (nSPS) is 10.3. The molecule has 2 N–H and O–H groups in total. The molecule has 0 aromatic carbocycles. The Hall–Kier alpha value is -2.64. The largest absolute Gasteiger partial charge is 0.421 e. The van der Waals surface area contributed by atoms with E-state index in [0.29, 0.717) is 5.88 Å². The summed E-state index contributed by atoms with van der Waals surface area (Å²) < 4.78 is 6.97. The van der Waals surface area contributed by atoms with E-state index in [1.165, 1.54) is 16.8 Å². The van der Waals surface area contributed by atoms with Crippen LogP contribution in [0.5, 0.6) is 11.8 Å². The molecule has 94 valence electrons. The Balaban J connectivity index is 2.28. The average Bonchev–Trinajstić information content (AvgIpc) is 2.57. The van der Waals surface area contributed by atoms with Crippen LogP contribution in [-0.4, -0.2) is 19.7 Å². The van der Waals surface area contributed by atoms with Gasteiger partial charge in [-0.05, 0) is 6.92 Å². The van der Waals surface area contributed by atoms with E-state index in [4.69, 9.17) is 10.5 Å². The van der Waals surface area contributed by atoms with Crippen molar-refractivity contribution in [3.05, 3.63) is 34.0 Å². The van der Waals surface area contributed by atoms with Crippen molar-refractivity contribution < 1.29 is 9.66 Å². The summed E-state index contributed by atoms with van der Waals surface area (Å²) in [5, 5.41) is 14.7. The molecule has 0 radical (unpaired) electrons. The average molecular weight is 249 g/mol. The van der Waals surface area contributed by atoms with Crippen LogP contribution in [0.2, 0.25) is 0 Å². The molecule has 2 rings (SSSR count). The molecule has 0 unspecified atom stereocenters. The zero-order chi connectivity index (χ0) is 13.3. The van der Waals surface area contributed by atoms with Gasteiger partial charge in [0.05, 0.1) is 10.6 Å². The fraction of sp³-hybridized carbons (Fsp3) is 0.200. The molecule has 0 spiro atoms. The molecule has 18 heavy (non-hydrogen) atoms. The lowest BCUT2D eigenvalue weighted by Crippen LogP contribution is -2.01. The predicted molar refractivity (Wildman–Crippen MR) is 63.3 cm³/mol. The number of nitro groups is 1. The van der Waals surface area contributed by atoms with Gasteiger partial charge in [-0.15, -0.1) is 0 Å². The number of rotatable bonds is 3. The Morgan fingerprint density at radius 1 is 1.50 bits per heavy atom. The van der Waals surface area contributed by atoms with Gasteiger partial charge in [-0.2, -0.15) is 10.1 Å². The Kier molecular flexibility index (Phi) is 2.84. The third kappa shape index (κ3) is 2.21. The quantitative estimate of drug-likeness (QED) is 0.650. The van der Waals surface area contributed by atoms with Crippen molar-refractivity contribution in [3.8, 4) is 11.8 Å². The number of nitrogen functional groups attached to an aromatic ring is 1. The van der Waals surface area contributed by atoms with Gasteiger partial charge in [0, 0.05) is 25.2 Å². The van der Waals surface area contributed by atoms with Crippen LogP contribution in [-0.2, 0) is 7.05 Å². The molecular weight excluding hydrogens is 238 g/mol. The number of hydrogen-bond donors (Lipinski definition) is 1. The van der Waals surface area contributed by atoms with E-state index < -0.39 is 4.92 Å². The van der Waals surface area contributed by atoms with E-state index in [2.05, 4.69) is 10.1 Å². The summed E-state index contributed by atoms with van der Waals surface area (Å²) in [6, 6.07) is 4.36. The first kappa shape index (κ1) is 11.8. The molecule has 2 aromatic rings. The molecule has 2 aromatic heterocycles. The van der Waals surface area contributed by atoms with E-state index in [0.717, 1.165) is 5.69 Å². The first-order valence-electron chi connectivity index (χ1n) is 5.07. The van der Waals surface area contributed by atoms with Gasteiger partial charge in [0.25, 0.3) is 0 Å². The molecule has 8 nitrogen and oxygen atoms in total. The maximum atomic E-state index is 10.6. The summed E-state index contributed by atoms with van der Waals surface area (Å²) in [7, 11) is 1.72. The first-order valence-corrected chi connectivity index (χ1v) is 5.07. The van der Waals surface area contributed by atoms with Crippen LogP contribution in [0, 0.1) is 17.0 Å². The van der Waals surface area contributed by atoms with Gasteiger partial charge in [0.15, 0.2) is 0 Å². The standard InChI is InChI=1S/C10H11N5O3/c1-6-5-9(14(2)13-6)18-8-4-3-7(15(16)17)10(11)12-8/h3-5H,1-2H3,(H2,11,12). The summed E-state index contributed by atoms with van der Waals surface area (Å²) >= 11 is 0. The SMILES string of the molecule is Cc1cc(Oc2ccc([N+](=O)[O-])c(N)n2)n(C)n1. The molecule has 0 aliphatic carbocycles. The monoisotopic (exact) mass is 249 g/mol. The summed E-state index contributed by atoms with van der Waals surface area (Å²) in [5.41, 5.74) is 6.01. The molecule has 0 bridgehead atoms. The van der Waals surface area contributed by atoms with Crippen molar-refractivity contribution in [1.82, 2.24) is 14.8 Å². The van der Waals surface area contributed by atoms with Crippen molar-refractivity contribution in [2.24, 2.45) is 7.05 Å². The van der Waals surface area contributed by atoms with Crippen LogP contribution in [0.4, 0.5) is 11.5 Å². The first-order chi connectivity index (χ1) is 8.47. The molecule has 0 aliphatic heterocycles. The zero-order valence-corrected chi connectivity index (χ0v) is 9.82. The van der Waals surface area contributed by atoms with Crippen LogP contribution in [0.1, 0.15) is 5.69 Å². The number of nitrogens with zero attached hydrogens (tertiary/aromatic N) is 4. The lowest BCUT2D eigenvalue weighted by atomic mass is 10.4. The highest BCUT2D eigenvalue weighted by atomic mass is 16.6. The molecule has 0 saturated heterocycles. The van der Waals surface area contributed by atoms with Gasteiger partial charge in [0.1, 0.15) is 0 Å². The van der Waals surface area contributed by atoms with Gasteiger partial charge >= 0.3 is 5.69 Å². The Morgan fingerprint density at radius 2 is 2.22 bits per heavy atom. The highest BCUT2D eigenvalue weighted by Gasteiger charge is 2.14. The molecule has 0 amide bonds. The third-order valence-electron chi connectivity index (χ3n) is 2.24. The molecule has 0 atom stereocenters. The summed E-state index contributed by atoms with van der Waals surface area (Å²) in [6.07, 6.45) is 0. The second-order valence-electron chi connectivity index (χ2n) is 3.66. The van der Waals surface area contributed by atoms with E-state index in [1.54, 1.807) is 13.1 Å². The van der Waals surface area contributed by atoms with Crippen molar-refractivity contribution in [2.45, 2.75) is 6.92 Å². The number of pyridine rings is 1. The Bertz CT molecular complexity index is 608. The van der Waals surface area contributed by atoms with E-state index in [-0.39, 0.29) is 17.4 Å². The summed E-state index contributed by atoms with van der Waals surface area (Å²) in [5.74, 6) is 0.478.